The predicted molar refractivity (Wildman–Crippen MR) is 95.2 cm³/mol. The van der Waals surface area contributed by atoms with Crippen molar-refractivity contribution in [1.29, 1.82) is 0 Å². The maximum atomic E-state index is 13.8. The van der Waals surface area contributed by atoms with Crippen molar-refractivity contribution in [1.82, 2.24) is 9.55 Å². The Hall–Kier alpha value is -2.36. The fourth-order valence-corrected chi connectivity index (χ4v) is 3.87. The molecule has 0 amide bonds. The summed E-state index contributed by atoms with van der Waals surface area (Å²) in [5.41, 5.74) is -0.239. The van der Waals surface area contributed by atoms with Crippen molar-refractivity contribution < 1.29 is 22.3 Å². The minimum absolute atomic E-state index is 0.0735. The molecule has 10 heteroatoms. The lowest BCUT2D eigenvalue weighted by atomic mass is 9.96. The van der Waals surface area contributed by atoms with Gasteiger partial charge in [0.1, 0.15) is 17.7 Å². The number of fused-ring (bicyclic) bond motifs is 1. The predicted octanol–water partition coefficient (Wildman–Crippen LogP) is 2.40. The van der Waals surface area contributed by atoms with E-state index in [1.54, 1.807) is 0 Å². The summed E-state index contributed by atoms with van der Waals surface area (Å²) in [5, 5.41) is 0. The van der Waals surface area contributed by atoms with Crippen LogP contribution in [-0.2, 0) is 11.3 Å². The third-order valence-corrected chi connectivity index (χ3v) is 5.43. The first kappa shape index (κ1) is 19.0. The van der Waals surface area contributed by atoms with E-state index in [-0.39, 0.29) is 24.5 Å². The number of allylic oxidation sites excluding steroid dienone is 2. The van der Waals surface area contributed by atoms with Gasteiger partial charge in [0.25, 0.3) is 5.56 Å². The molecule has 0 aromatic carbocycles. The average Bonchev–Trinajstić information content (AvgIpc) is 2.65. The standard InChI is InChI=1S/C18H20F4N4O2/c1-11(12-2-3-13(12)19)26-14(18(20,21)22)4-5-25-16(27)10-15(23-17(25)26)24-6-8-28-9-7-24/h2-3,10-11,14H,4-9H2,1H3/t11?,14-/m0/s1. The van der Waals surface area contributed by atoms with Gasteiger partial charge in [-0.2, -0.15) is 18.2 Å². The van der Waals surface area contributed by atoms with Crippen molar-refractivity contribution in [3.8, 4) is 0 Å². The highest BCUT2D eigenvalue weighted by Gasteiger charge is 2.49. The highest BCUT2D eigenvalue weighted by Crippen LogP contribution is 2.38. The van der Waals surface area contributed by atoms with Gasteiger partial charge in [-0.15, -0.1) is 0 Å². The number of rotatable bonds is 3. The number of aromatic nitrogens is 2. The molecule has 2 atom stereocenters. The zero-order chi connectivity index (χ0) is 20.1. The lowest BCUT2D eigenvalue weighted by Crippen LogP contribution is -2.56. The number of alkyl halides is 3. The molecule has 1 fully saturated rings. The van der Waals surface area contributed by atoms with Crippen molar-refractivity contribution in [2.45, 2.75) is 38.1 Å². The van der Waals surface area contributed by atoms with Crippen LogP contribution >= 0.6 is 0 Å². The third kappa shape index (κ3) is 3.19. The van der Waals surface area contributed by atoms with Crippen LogP contribution < -0.4 is 15.4 Å². The number of ether oxygens (including phenoxy) is 1. The molecule has 1 unspecified atom stereocenters. The molecule has 28 heavy (non-hydrogen) atoms. The van der Waals surface area contributed by atoms with Gasteiger partial charge in [-0.25, -0.2) is 4.39 Å². The van der Waals surface area contributed by atoms with Crippen LogP contribution in [0.3, 0.4) is 0 Å². The molecule has 0 bridgehead atoms. The Balaban J connectivity index is 1.81. The quantitative estimate of drug-likeness (QED) is 0.730. The fraction of sp³-hybridized carbons (Fsp3) is 0.556. The molecule has 0 spiro atoms. The Morgan fingerprint density at radius 3 is 2.50 bits per heavy atom. The summed E-state index contributed by atoms with van der Waals surface area (Å²) in [7, 11) is 0. The van der Waals surface area contributed by atoms with Gasteiger partial charge in [0.15, 0.2) is 0 Å². The van der Waals surface area contributed by atoms with E-state index < -0.39 is 29.6 Å². The van der Waals surface area contributed by atoms with E-state index in [1.165, 1.54) is 29.7 Å². The van der Waals surface area contributed by atoms with E-state index in [1.807, 2.05) is 4.90 Å². The fourth-order valence-electron chi connectivity index (χ4n) is 3.87. The molecule has 2 aliphatic heterocycles. The highest BCUT2D eigenvalue weighted by atomic mass is 19.4. The molecule has 3 heterocycles. The molecular formula is C18H20F4N4O2. The zero-order valence-corrected chi connectivity index (χ0v) is 15.2. The summed E-state index contributed by atoms with van der Waals surface area (Å²) in [5.74, 6) is -0.300. The molecular weight excluding hydrogens is 380 g/mol. The highest BCUT2D eigenvalue weighted by molar-refractivity contribution is 5.53. The number of halogens is 4. The van der Waals surface area contributed by atoms with Crippen LogP contribution in [0.5, 0.6) is 0 Å². The molecule has 1 aromatic heterocycles. The van der Waals surface area contributed by atoms with E-state index in [4.69, 9.17) is 4.74 Å². The Kier molecular flexibility index (Phi) is 4.68. The largest absolute Gasteiger partial charge is 0.408 e. The zero-order valence-electron chi connectivity index (χ0n) is 15.2. The molecule has 0 saturated carbocycles. The van der Waals surface area contributed by atoms with Crippen molar-refractivity contribution in [3.05, 3.63) is 40.0 Å². The molecule has 0 radical (unpaired) electrons. The second-order valence-corrected chi connectivity index (χ2v) is 7.07. The maximum absolute atomic E-state index is 13.8. The van der Waals surface area contributed by atoms with Crippen LogP contribution in [0.1, 0.15) is 13.3 Å². The van der Waals surface area contributed by atoms with Gasteiger partial charge in [-0.3, -0.25) is 9.36 Å². The Morgan fingerprint density at radius 1 is 1.21 bits per heavy atom. The topological polar surface area (TPSA) is 50.6 Å². The first-order valence-corrected chi connectivity index (χ1v) is 9.15. The summed E-state index contributed by atoms with van der Waals surface area (Å²) in [4.78, 5) is 19.9. The van der Waals surface area contributed by atoms with Gasteiger partial charge in [0.05, 0.1) is 19.3 Å². The molecule has 0 N–H and O–H groups in total. The lowest BCUT2D eigenvalue weighted by Gasteiger charge is -2.43. The Labute approximate surface area is 158 Å². The second-order valence-electron chi connectivity index (χ2n) is 7.07. The molecule has 1 aromatic rings. The van der Waals surface area contributed by atoms with Crippen LogP contribution in [0, 0.1) is 0 Å². The van der Waals surface area contributed by atoms with Crippen LogP contribution in [-0.4, -0.2) is 54.1 Å². The van der Waals surface area contributed by atoms with Crippen LogP contribution in [0.15, 0.2) is 34.4 Å². The number of nitrogens with zero attached hydrogens (tertiary/aromatic N) is 4. The molecule has 3 aliphatic rings. The van der Waals surface area contributed by atoms with Crippen LogP contribution in [0.2, 0.25) is 0 Å². The summed E-state index contributed by atoms with van der Waals surface area (Å²) in [6.45, 7) is 3.31. The minimum atomic E-state index is -4.53. The number of hydrogen-bond acceptors (Lipinski definition) is 5. The summed E-state index contributed by atoms with van der Waals surface area (Å²) >= 11 is 0. The van der Waals surface area contributed by atoms with Gasteiger partial charge in [-0.1, -0.05) is 6.08 Å². The normalized spacial score (nSPS) is 23.5. The summed E-state index contributed by atoms with van der Waals surface area (Å²) in [6, 6.07) is -1.41. The van der Waals surface area contributed by atoms with Gasteiger partial charge in [0, 0.05) is 31.3 Å². The van der Waals surface area contributed by atoms with Crippen LogP contribution in [0.4, 0.5) is 29.3 Å². The number of hydrogen-bond donors (Lipinski definition) is 0. The van der Waals surface area contributed by atoms with Crippen molar-refractivity contribution in [2.75, 3.05) is 36.1 Å². The van der Waals surface area contributed by atoms with Gasteiger partial charge in [-0.05, 0) is 19.4 Å². The van der Waals surface area contributed by atoms with Crippen molar-refractivity contribution >= 4 is 11.8 Å². The van der Waals surface area contributed by atoms with Crippen molar-refractivity contribution in [2.24, 2.45) is 0 Å². The molecule has 1 aliphatic carbocycles. The van der Waals surface area contributed by atoms with Crippen molar-refractivity contribution in [3.63, 3.8) is 0 Å². The van der Waals surface area contributed by atoms with E-state index in [9.17, 15) is 22.4 Å². The summed E-state index contributed by atoms with van der Waals surface area (Å²) in [6.07, 6.45) is -2.16. The molecule has 152 valence electrons. The first-order valence-electron chi connectivity index (χ1n) is 9.15. The average molecular weight is 400 g/mol. The van der Waals surface area contributed by atoms with E-state index in [2.05, 4.69) is 4.98 Å². The summed E-state index contributed by atoms with van der Waals surface area (Å²) < 4.78 is 61.7. The van der Waals surface area contributed by atoms with Gasteiger partial charge in [0.2, 0.25) is 5.95 Å². The lowest BCUT2D eigenvalue weighted by molar-refractivity contribution is -0.153. The first-order chi connectivity index (χ1) is 13.3. The van der Waals surface area contributed by atoms with E-state index in [0.717, 1.165) is 4.90 Å². The Bertz CT molecular complexity index is 887. The smallest absolute Gasteiger partial charge is 0.378 e. The van der Waals surface area contributed by atoms with Gasteiger partial charge < -0.3 is 14.5 Å². The van der Waals surface area contributed by atoms with E-state index >= 15 is 0 Å². The van der Waals surface area contributed by atoms with Crippen LogP contribution in [0.25, 0.3) is 0 Å². The van der Waals surface area contributed by atoms with Gasteiger partial charge >= 0.3 is 6.18 Å². The molecule has 4 rings (SSSR count). The van der Waals surface area contributed by atoms with E-state index in [0.29, 0.717) is 32.1 Å². The third-order valence-electron chi connectivity index (χ3n) is 5.43. The minimum Gasteiger partial charge on any atom is -0.378 e. The number of anilines is 2. The monoisotopic (exact) mass is 400 g/mol. The number of morpholine rings is 1. The molecule has 6 nitrogen and oxygen atoms in total. The molecule has 1 saturated heterocycles. The maximum Gasteiger partial charge on any atom is 0.408 e. The Morgan fingerprint density at radius 2 is 1.93 bits per heavy atom. The SMILES string of the molecule is CC(C1=C(F)C=C1)N1c2nc(N3CCOCC3)cc(=O)n2CC[C@H]1C(F)(F)F. The second kappa shape index (κ2) is 6.91.